The highest BCUT2D eigenvalue weighted by molar-refractivity contribution is 6.76. The molecule has 13 heavy (non-hydrogen) atoms. The average Bonchev–Trinajstić information content (AvgIpc) is 2.30. The zero-order valence-corrected chi connectivity index (χ0v) is 10.4. The molecule has 2 unspecified atom stereocenters. The van der Waals surface area contributed by atoms with Crippen LogP contribution in [0.1, 0.15) is 13.3 Å². The number of hydrogen-bond acceptors (Lipinski definition) is 2. The van der Waals surface area contributed by atoms with E-state index in [0.717, 1.165) is 0 Å². The molecule has 2 nitrogen and oxygen atoms in total. The highest BCUT2D eigenvalue weighted by atomic mass is 28.3. The van der Waals surface area contributed by atoms with E-state index in [2.05, 4.69) is 31.5 Å². The molecule has 1 saturated heterocycles. The van der Waals surface area contributed by atoms with Gasteiger partial charge in [0.15, 0.2) is 0 Å². The van der Waals surface area contributed by atoms with Crippen molar-refractivity contribution in [3.63, 3.8) is 0 Å². The molecule has 0 aromatic carbocycles. The number of likely N-dealkylation sites (tertiary alicyclic amines) is 1. The molecule has 1 fully saturated rings. The third-order valence-electron chi connectivity index (χ3n) is 2.96. The van der Waals surface area contributed by atoms with Crippen molar-refractivity contribution >= 4 is 8.07 Å². The molecule has 2 atom stereocenters. The monoisotopic (exact) mass is 201 g/mol. The maximum Gasteiger partial charge on any atom is 0.0599 e. The van der Waals surface area contributed by atoms with Gasteiger partial charge in [-0.25, -0.2) is 0 Å². The van der Waals surface area contributed by atoms with Gasteiger partial charge in [0.1, 0.15) is 0 Å². The Morgan fingerprint density at radius 1 is 1.38 bits per heavy atom. The van der Waals surface area contributed by atoms with Crippen LogP contribution in [0.2, 0.25) is 19.6 Å². The van der Waals surface area contributed by atoms with E-state index in [1.165, 1.54) is 19.1 Å². The number of aliphatic hydroxyl groups excluding tert-OH is 1. The summed E-state index contributed by atoms with van der Waals surface area (Å²) in [7, 11) is -0.962. The maximum absolute atomic E-state index is 9.14. The Morgan fingerprint density at radius 3 is 2.38 bits per heavy atom. The highest BCUT2D eigenvalue weighted by Crippen LogP contribution is 2.24. The molecule has 1 N–H and O–H groups in total. The molecule has 0 aromatic heterocycles. The van der Waals surface area contributed by atoms with Gasteiger partial charge >= 0.3 is 0 Å². The number of nitrogens with zero attached hydrogens (tertiary/aromatic N) is 1. The van der Waals surface area contributed by atoms with Gasteiger partial charge in [0.25, 0.3) is 0 Å². The van der Waals surface area contributed by atoms with Crippen LogP contribution in [0.25, 0.3) is 0 Å². The van der Waals surface area contributed by atoms with Crippen molar-refractivity contribution in [2.45, 2.75) is 39.0 Å². The quantitative estimate of drug-likeness (QED) is 0.701. The number of rotatable bonds is 3. The minimum absolute atomic E-state index is 0.364. The van der Waals surface area contributed by atoms with Crippen LogP contribution >= 0.6 is 0 Å². The molecule has 0 aromatic rings. The summed E-state index contributed by atoms with van der Waals surface area (Å²) in [5, 5.41) is 9.14. The van der Waals surface area contributed by atoms with E-state index >= 15 is 0 Å². The minimum Gasteiger partial charge on any atom is -0.396 e. The van der Waals surface area contributed by atoms with Crippen LogP contribution < -0.4 is 0 Å². The van der Waals surface area contributed by atoms with Crippen molar-refractivity contribution in [3.05, 3.63) is 0 Å². The summed E-state index contributed by atoms with van der Waals surface area (Å²) in [6.07, 6.45) is 2.47. The predicted molar refractivity (Wildman–Crippen MR) is 59.6 cm³/mol. The molecule has 0 bridgehead atoms. The van der Waals surface area contributed by atoms with Gasteiger partial charge in [-0.15, -0.1) is 0 Å². The van der Waals surface area contributed by atoms with Crippen LogP contribution in [-0.2, 0) is 0 Å². The lowest BCUT2D eigenvalue weighted by atomic mass is 10.0. The Bertz CT molecular complexity index is 167. The number of aliphatic hydroxyl groups is 1. The van der Waals surface area contributed by atoms with Crippen LogP contribution in [0.15, 0.2) is 0 Å². The van der Waals surface area contributed by atoms with Gasteiger partial charge in [0, 0.05) is 12.6 Å². The molecule has 0 spiro atoms. The Labute approximate surface area is 83.0 Å². The lowest BCUT2D eigenvalue weighted by molar-refractivity contribution is 0.186. The highest BCUT2D eigenvalue weighted by Gasteiger charge is 2.32. The first kappa shape index (κ1) is 11.2. The zero-order chi connectivity index (χ0) is 10.1. The molecular formula is C10H23NOSi. The van der Waals surface area contributed by atoms with E-state index in [1.807, 2.05) is 0 Å². The second-order valence-electron chi connectivity index (χ2n) is 5.50. The van der Waals surface area contributed by atoms with E-state index in [0.29, 0.717) is 18.6 Å². The molecule has 78 valence electrons. The summed E-state index contributed by atoms with van der Waals surface area (Å²) >= 11 is 0. The zero-order valence-electron chi connectivity index (χ0n) is 9.38. The summed E-state index contributed by atoms with van der Waals surface area (Å²) in [4.78, 5) is 2.56. The van der Waals surface area contributed by atoms with Crippen molar-refractivity contribution in [1.29, 1.82) is 0 Å². The second-order valence-corrected chi connectivity index (χ2v) is 10.9. The van der Waals surface area contributed by atoms with Gasteiger partial charge in [0.2, 0.25) is 0 Å². The van der Waals surface area contributed by atoms with Gasteiger partial charge in [-0.3, -0.25) is 0 Å². The second kappa shape index (κ2) is 4.11. The van der Waals surface area contributed by atoms with Crippen LogP contribution in [0, 0.1) is 5.92 Å². The lowest BCUT2D eigenvalue weighted by Crippen LogP contribution is -2.43. The summed E-state index contributed by atoms with van der Waals surface area (Å²) in [5.74, 6) is 0.524. The van der Waals surface area contributed by atoms with E-state index in [-0.39, 0.29) is 0 Å². The predicted octanol–water partition coefficient (Wildman–Crippen LogP) is 1.57. The third kappa shape index (κ3) is 3.08. The molecule has 0 saturated carbocycles. The molecule has 3 heteroatoms. The molecular weight excluding hydrogens is 178 g/mol. The van der Waals surface area contributed by atoms with Crippen LogP contribution in [0.5, 0.6) is 0 Å². The van der Waals surface area contributed by atoms with Crippen LogP contribution in [-0.4, -0.2) is 43.4 Å². The maximum atomic E-state index is 9.14. The molecule has 1 rings (SSSR count). The van der Waals surface area contributed by atoms with Crippen molar-refractivity contribution in [2.75, 3.05) is 19.3 Å². The van der Waals surface area contributed by atoms with Gasteiger partial charge in [0.05, 0.1) is 8.07 Å². The molecule has 1 aliphatic rings. The Kier molecular flexibility index (Phi) is 3.55. The number of hydrogen-bond donors (Lipinski definition) is 1. The van der Waals surface area contributed by atoms with Crippen LogP contribution in [0.3, 0.4) is 0 Å². The Morgan fingerprint density at radius 2 is 2.00 bits per heavy atom. The Hall–Kier alpha value is 0.137. The standard InChI is InChI=1S/C10H23NOSi/c1-9-10(7-12)5-6-11(9)8-13(2,3)4/h9-10,12H,5-8H2,1-4H3. The summed E-state index contributed by atoms with van der Waals surface area (Å²) in [6, 6.07) is 0.594. The molecule has 1 aliphatic heterocycles. The smallest absolute Gasteiger partial charge is 0.0599 e. The van der Waals surface area contributed by atoms with Gasteiger partial charge in [-0.1, -0.05) is 19.6 Å². The van der Waals surface area contributed by atoms with Gasteiger partial charge in [-0.05, 0) is 32.0 Å². The first-order valence-corrected chi connectivity index (χ1v) is 8.99. The fourth-order valence-corrected chi connectivity index (χ4v) is 3.82. The van der Waals surface area contributed by atoms with Crippen molar-refractivity contribution < 1.29 is 5.11 Å². The summed E-state index contributed by atoms with van der Waals surface area (Å²) in [6.45, 7) is 11.0. The fourth-order valence-electron chi connectivity index (χ4n) is 2.15. The van der Waals surface area contributed by atoms with Gasteiger partial charge in [-0.2, -0.15) is 0 Å². The van der Waals surface area contributed by atoms with Crippen molar-refractivity contribution in [3.8, 4) is 0 Å². The third-order valence-corrected chi connectivity index (χ3v) is 4.31. The van der Waals surface area contributed by atoms with E-state index in [4.69, 9.17) is 5.11 Å². The molecule has 0 amide bonds. The van der Waals surface area contributed by atoms with Crippen molar-refractivity contribution in [2.24, 2.45) is 5.92 Å². The van der Waals surface area contributed by atoms with Gasteiger partial charge < -0.3 is 10.0 Å². The summed E-state index contributed by atoms with van der Waals surface area (Å²) in [5.41, 5.74) is 0. The Balaban J connectivity index is 2.46. The van der Waals surface area contributed by atoms with E-state index < -0.39 is 8.07 Å². The minimum atomic E-state index is -0.962. The first-order chi connectivity index (χ1) is 5.94. The van der Waals surface area contributed by atoms with Crippen molar-refractivity contribution in [1.82, 2.24) is 4.90 Å². The molecule has 1 heterocycles. The summed E-state index contributed by atoms with van der Waals surface area (Å²) < 4.78 is 0. The lowest BCUT2D eigenvalue weighted by Gasteiger charge is -2.29. The molecule has 0 radical (unpaired) electrons. The van der Waals surface area contributed by atoms with Crippen LogP contribution in [0.4, 0.5) is 0 Å². The van der Waals surface area contributed by atoms with E-state index in [9.17, 15) is 0 Å². The average molecular weight is 201 g/mol. The van der Waals surface area contributed by atoms with E-state index in [1.54, 1.807) is 0 Å². The SMILES string of the molecule is CC1C(CO)CCN1C[Si](C)(C)C. The molecule has 0 aliphatic carbocycles. The normalized spacial score (nSPS) is 31.2. The topological polar surface area (TPSA) is 23.5 Å². The fraction of sp³-hybridized carbons (Fsp3) is 1.00. The first-order valence-electron chi connectivity index (χ1n) is 5.29. The largest absolute Gasteiger partial charge is 0.396 e.